The lowest BCUT2D eigenvalue weighted by molar-refractivity contribution is 0.102. The zero-order valence-electron chi connectivity index (χ0n) is 14.8. The van der Waals surface area contributed by atoms with Crippen molar-refractivity contribution in [3.8, 4) is 0 Å². The maximum absolute atomic E-state index is 12.7. The van der Waals surface area contributed by atoms with Crippen LogP contribution in [0.1, 0.15) is 23.2 Å². The molecule has 140 valence electrons. The summed E-state index contributed by atoms with van der Waals surface area (Å²) in [6.45, 7) is 1.92. The smallest absolute Gasteiger partial charge is 0.261 e. The lowest BCUT2D eigenvalue weighted by atomic mass is 9.93. The van der Waals surface area contributed by atoms with Crippen molar-refractivity contribution >= 4 is 34.7 Å². The van der Waals surface area contributed by atoms with Gasteiger partial charge in [0, 0.05) is 44.6 Å². The van der Waals surface area contributed by atoms with Gasteiger partial charge < -0.3 is 15.5 Å². The molecule has 0 saturated carbocycles. The highest BCUT2D eigenvalue weighted by Crippen LogP contribution is 2.27. The van der Waals surface area contributed by atoms with Gasteiger partial charge in [-0.25, -0.2) is 9.50 Å². The highest BCUT2D eigenvalue weighted by atomic mass is 35.5. The van der Waals surface area contributed by atoms with Crippen molar-refractivity contribution in [1.82, 2.24) is 29.7 Å². The van der Waals surface area contributed by atoms with E-state index in [1.807, 2.05) is 12.3 Å². The van der Waals surface area contributed by atoms with Crippen LogP contribution in [0, 0.1) is 0 Å². The molecule has 3 saturated heterocycles. The van der Waals surface area contributed by atoms with Crippen LogP contribution < -0.4 is 15.5 Å². The first-order chi connectivity index (χ1) is 13.1. The number of aryl methyl sites for hydroxylation is 1. The minimum atomic E-state index is -0.314. The van der Waals surface area contributed by atoms with E-state index in [0.717, 1.165) is 25.3 Å². The third-order valence-electron chi connectivity index (χ3n) is 5.27. The maximum Gasteiger partial charge on any atom is 0.261 e. The van der Waals surface area contributed by atoms with Crippen LogP contribution >= 0.6 is 11.6 Å². The van der Waals surface area contributed by atoms with E-state index in [0.29, 0.717) is 29.0 Å². The molecule has 2 bridgehead atoms. The van der Waals surface area contributed by atoms with Crippen molar-refractivity contribution in [2.75, 3.05) is 23.3 Å². The van der Waals surface area contributed by atoms with Gasteiger partial charge in [0.15, 0.2) is 10.8 Å². The molecule has 3 aromatic heterocycles. The lowest BCUT2D eigenvalue weighted by Gasteiger charge is -2.46. The fraction of sp³-hybridized carbons (Fsp3) is 0.412. The number of piperazine rings is 1. The Kier molecular flexibility index (Phi) is 3.80. The zero-order valence-corrected chi connectivity index (χ0v) is 15.5. The molecule has 0 spiro atoms. The topological polar surface area (TPSA) is 92.4 Å². The highest BCUT2D eigenvalue weighted by Gasteiger charge is 2.34. The van der Waals surface area contributed by atoms with Gasteiger partial charge in [0.2, 0.25) is 0 Å². The van der Waals surface area contributed by atoms with Crippen LogP contribution in [0.4, 0.5) is 11.5 Å². The summed E-state index contributed by atoms with van der Waals surface area (Å²) in [7, 11) is 1.74. The standard InChI is InChI=1S/C17H19ClN8O/c1-24-9-13(15(18)23-24)21-17(27)12-7-20-26-5-4-14(22-16(12)26)25-8-10-2-3-11(25)6-19-10/h4-5,7,9-11,19H,2-3,6,8H2,1H3,(H,21,27)/t10-,11-/m1/s1. The molecule has 0 radical (unpaired) electrons. The molecule has 9 nitrogen and oxygen atoms in total. The minimum absolute atomic E-state index is 0.243. The van der Waals surface area contributed by atoms with E-state index in [4.69, 9.17) is 16.6 Å². The summed E-state index contributed by atoms with van der Waals surface area (Å²) in [5, 5.41) is 14.8. The number of carbonyl (C=O) groups excluding carboxylic acids is 1. The third-order valence-corrected chi connectivity index (χ3v) is 5.55. The van der Waals surface area contributed by atoms with Gasteiger partial charge in [-0.2, -0.15) is 10.2 Å². The Hall–Kier alpha value is -2.65. The van der Waals surface area contributed by atoms with E-state index >= 15 is 0 Å². The molecule has 3 fully saturated rings. The molecule has 1 amide bonds. The molecule has 3 aliphatic rings. The van der Waals surface area contributed by atoms with Gasteiger partial charge in [-0.1, -0.05) is 11.6 Å². The lowest BCUT2D eigenvalue weighted by Crippen LogP contribution is -2.61. The van der Waals surface area contributed by atoms with Crippen LogP contribution in [0.25, 0.3) is 5.65 Å². The average molecular weight is 387 g/mol. The number of aromatic nitrogens is 5. The fourth-order valence-corrected chi connectivity index (χ4v) is 4.12. The molecule has 0 aromatic carbocycles. The first-order valence-corrected chi connectivity index (χ1v) is 9.31. The molecule has 27 heavy (non-hydrogen) atoms. The van der Waals surface area contributed by atoms with Gasteiger partial charge in [-0.3, -0.25) is 9.48 Å². The predicted octanol–water partition coefficient (Wildman–Crippen LogP) is 1.31. The molecule has 2 N–H and O–H groups in total. The number of nitrogens with one attached hydrogen (secondary N) is 2. The Balaban J connectivity index is 1.46. The first-order valence-electron chi connectivity index (χ1n) is 8.93. The van der Waals surface area contributed by atoms with Gasteiger partial charge in [-0.05, 0) is 18.9 Å². The third kappa shape index (κ3) is 2.83. The maximum atomic E-state index is 12.7. The van der Waals surface area contributed by atoms with E-state index in [9.17, 15) is 4.79 Å². The van der Waals surface area contributed by atoms with Crippen molar-refractivity contribution < 1.29 is 4.79 Å². The second-order valence-corrected chi connectivity index (χ2v) is 7.42. The van der Waals surface area contributed by atoms with E-state index in [1.165, 1.54) is 12.6 Å². The summed E-state index contributed by atoms with van der Waals surface area (Å²) < 4.78 is 3.16. The number of piperidine rings is 2. The van der Waals surface area contributed by atoms with Crippen molar-refractivity contribution in [2.24, 2.45) is 7.05 Å². The SMILES string of the molecule is Cn1cc(NC(=O)c2cnn3ccc(N4C[C@H]5CC[C@@H]4CN5)nc23)c(Cl)n1. The molecular weight excluding hydrogens is 368 g/mol. The Labute approximate surface area is 160 Å². The van der Waals surface area contributed by atoms with Crippen LogP contribution in [0.3, 0.4) is 0 Å². The summed E-state index contributed by atoms with van der Waals surface area (Å²) in [6, 6.07) is 2.91. The second kappa shape index (κ2) is 6.21. The molecule has 6 heterocycles. The summed E-state index contributed by atoms with van der Waals surface area (Å²) in [4.78, 5) is 19.8. The number of carbonyl (C=O) groups is 1. The monoisotopic (exact) mass is 386 g/mol. The molecule has 3 aromatic rings. The zero-order chi connectivity index (χ0) is 18.5. The summed E-state index contributed by atoms with van der Waals surface area (Å²) in [6.07, 6.45) is 7.39. The van der Waals surface area contributed by atoms with Crippen LogP contribution in [0.2, 0.25) is 5.15 Å². The van der Waals surface area contributed by atoms with Gasteiger partial charge in [0.1, 0.15) is 11.4 Å². The average Bonchev–Trinajstić information content (AvgIpc) is 3.24. The number of halogens is 1. The van der Waals surface area contributed by atoms with Gasteiger partial charge in [-0.15, -0.1) is 0 Å². The van der Waals surface area contributed by atoms with Crippen molar-refractivity contribution in [3.05, 3.63) is 35.4 Å². The van der Waals surface area contributed by atoms with Gasteiger partial charge >= 0.3 is 0 Å². The van der Waals surface area contributed by atoms with E-state index in [2.05, 4.69) is 25.7 Å². The predicted molar refractivity (Wildman–Crippen MR) is 101 cm³/mol. The number of hydrogen-bond acceptors (Lipinski definition) is 6. The molecule has 3 aliphatic heterocycles. The summed E-state index contributed by atoms with van der Waals surface area (Å²) >= 11 is 6.04. The minimum Gasteiger partial charge on any atom is -0.351 e. The number of fused-ring (bicyclic) bond motifs is 4. The van der Waals surface area contributed by atoms with Gasteiger partial charge in [0.05, 0.1) is 11.9 Å². The van der Waals surface area contributed by atoms with E-state index in [1.54, 1.807) is 22.4 Å². The first kappa shape index (κ1) is 16.5. The fourth-order valence-electron chi connectivity index (χ4n) is 3.90. The highest BCUT2D eigenvalue weighted by molar-refractivity contribution is 6.32. The largest absolute Gasteiger partial charge is 0.351 e. The van der Waals surface area contributed by atoms with Gasteiger partial charge in [0.25, 0.3) is 5.91 Å². The van der Waals surface area contributed by atoms with Crippen LogP contribution in [0.5, 0.6) is 0 Å². The molecule has 10 heteroatoms. The second-order valence-electron chi connectivity index (χ2n) is 7.06. The Morgan fingerprint density at radius 2 is 2.30 bits per heavy atom. The summed E-state index contributed by atoms with van der Waals surface area (Å²) in [5.41, 5.74) is 1.38. The number of hydrogen-bond donors (Lipinski definition) is 2. The Morgan fingerprint density at radius 1 is 1.41 bits per heavy atom. The molecule has 2 atom stereocenters. The normalized spacial score (nSPS) is 21.8. The number of amides is 1. The van der Waals surface area contributed by atoms with Crippen LogP contribution in [0.15, 0.2) is 24.7 Å². The quantitative estimate of drug-likeness (QED) is 0.705. The summed E-state index contributed by atoms with van der Waals surface area (Å²) in [5.74, 6) is 0.569. The molecule has 0 unspecified atom stereocenters. The molecule has 0 aliphatic carbocycles. The Morgan fingerprint density at radius 3 is 2.96 bits per heavy atom. The number of nitrogens with zero attached hydrogens (tertiary/aromatic N) is 6. The van der Waals surface area contributed by atoms with Crippen molar-refractivity contribution in [2.45, 2.75) is 24.9 Å². The molecular formula is C17H19ClN8O. The Bertz CT molecular complexity index is 1020. The number of rotatable bonds is 3. The van der Waals surface area contributed by atoms with Crippen molar-refractivity contribution in [3.63, 3.8) is 0 Å². The van der Waals surface area contributed by atoms with Crippen molar-refractivity contribution in [1.29, 1.82) is 0 Å². The van der Waals surface area contributed by atoms with E-state index < -0.39 is 0 Å². The molecule has 6 rings (SSSR count). The van der Waals surface area contributed by atoms with E-state index in [-0.39, 0.29) is 11.1 Å². The number of anilines is 2. The van der Waals surface area contributed by atoms with Crippen LogP contribution in [-0.2, 0) is 7.05 Å². The van der Waals surface area contributed by atoms with Crippen LogP contribution in [-0.4, -0.2) is 55.5 Å².